The maximum atomic E-state index is 10.4. The van der Waals surface area contributed by atoms with Gasteiger partial charge in [-0.15, -0.1) is 0 Å². The van der Waals surface area contributed by atoms with Crippen molar-refractivity contribution < 1.29 is 5.11 Å². The molecule has 0 aliphatic heterocycles. The minimum atomic E-state index is -0.732. The highest BCUT2D eigenvalue weighted by Gasteiger charge is 2.14. The summed E-state index contributed by atoms with van der Waals surface area (Å²) in [5, 5.41) is 10.4. The smallest absolute Gasteiger partial charge is 0.140 e. The average Bonchev–Trinajstić information content (AvgIpc) is 2.98. The summed E-state index contributed by atoms with van der Waals surface area (Å²) in [5.74, 6) is 0.564. The van der Waals surface area contributed by atoms with Gasteiger partial charge in [-0.2, -0.15) is 0 Å². The van der Waals surface area contributed by atoms with Gasteiger partial charge in [-0.3, -0.25) is 0 Å². The first-order valence-corrected chi connectivity index (χ1v) is 7.00. The van der Waals surface area contributed by atoms with Crippen molar-refractivity contribution in [3.63, 3.8) is 0 Å². The van der Waals surface area contributed by atoms with Gasteiger partial charge in [-0.25, -0.2) is 4.98 Å². The number of aliphatic hydroxyl groups is 1. The van der Waals surface area contributed by atoms with Crippen molar-refractivity contribution in [1.82, 2.24) is 9.97 Å². The Labute approximate surface area is 124 Å². The monoisotopic (exact) mass is 278 g/mol. The Morgan fingerprint density at radius 1 is 0.905 bits per heavy atom. The molecule has 0 radical (unpaired) electrons. The van der Waals surface area contributed by atoms with E-state index in [1.54, 1.807) is 6.20 Å². The van der Waals surface area contributed by atoms with Crippen LogP contribution in [0.25, 0.3) is 11.3 Å². The predicted octanol–water partition coefficient (Wildman–Crippen LogP) is 3.78. The quantitative estimate of drug-likeness (QED) is 0.766. The Kier molecular flexibility index (Phi) is 3.59. The van der Waals surface area contributed by atoms with Gasteiger partial charge in [0.2, 0.25) is 0 Å². The maximum absolute atomic E-state index is 10.4. The molecule has 0 spiro atoms. The highest BCUT2D eigenvalue weighted by molar-refractivity contribution is 5.58. The topological polar surface area (TPSA) is 48.9 Å². The summed E-state index contributed by atoms with van der Waals surface area (Å²) in [4.78, 5) is 7.51. The van der Waals surface area contributed by atoms with Crippen LogP contribution in [-0.2, 0) is 0 Å². The van der Waals surface area contributed by atoms with Gasteiger partial charge >= 0.3 is 0 Å². The fourth-order valence-corrected chi connectivity index (χ4v) is 2.26. The lowest BCUT2D eigenvalue weighted by atomic mass is 10.1. The van der Waals surface area contributed by atoms with E-state index in [4.69, 9.17) is 0 Å². The van der Waals surface area contributed by atoms with Crippen molar-refractivity contribution in [1.29, 1.82) is 0 Å². The Morgan fingerprint density at radius 3 is 2.10 bits per heavy atom. The van der Waals surface area contributed by atoms with Gasteiger partial charge in [0.1, 0.15) is 11.9 Å². The van der Waals surface area contributed by atoms with Crippen LogP contribution in [0.4, 0.5) is 0 Å². The molecule has 2 N–H and O–H groups in total. The SMILES string of the molecule is Cc1ccc(-c2cnc([C@H](O)c3ccc(C)cc3)[nH]2)cc1. The Bertz CT molecular complexity index is 727. The number of H-pyrrole nitrogens is 1. The summed E-state index contributed by atoms with van der Waals surface area (Å²) >= 11 is 0. The molecule has 0 unspecified atom stereocenters. The summed E-state index contributed by atoms with van der Waals surface area (Å²) in [6, 6.07) is 16.0. The number of hydrogen-bond acceptors (Lipinski definition) is 2. The number of rotatable bonds is 3. The normalized spacial score (nSPS) is 12.3. The molecule has 21 heavy (non-hydrogen) atoms. The van der Waals surface area contributed by atoms with E-state index in [9.17, 15) is 5.11 Å². The van der Waals surface area contributed by atoms with Crippen molar-refractivity contribution >= 4 is 0 Å². The van der Waals surface area contributed by atoms with Crippen LogP contribution in [0.3, 0.4) is 0 Å². The van der Waals surface area contributed by atoms with Crippen LogP contribution in [0.5, 0.6) is 0 Å². The molecule has 106 valence electrons. The molecular formula is C18H18N2O. The number of nitrogens with one attached hydrogen (secondary N) is 1. The second-order valence-electron chi connectivity index (χ2n) is 5.36. The van der Waals surface area contributed by atoms with Gasteiger partial charge in [0.25, 0.3) is 0 Å². The summed E-state index contributed by atoms with van der Waals surface area (Å²) in [7, 11) is 0. The summed E-state index contributed by atoms with van der Waals surface area (Å²) in [5.41, 5.74) is 5.21. The molecule has 1 atom stereocenters. The van der Waals surface area contributed by atoms with Crippen molar-refractivity contribution in [2.24, 2.45) is 0 Å². The number of aromatic nitrogens is 2. The molecule has 0 saturated carbocycles. The van der Waals surface area contributed by atoms with Crippen LogP contribution in [0.15, 0.2) is 54.7 Å². The van der Waals surface area contributed by atoms with Gasteiger partial charge in [0, 0.05) is 0 Å². The van der Waals surface area contributed by atoms with E-state index in [1.807, 2.05) is 43.3 Å². The molecular weight excluding hydrogens is 260 g/mol. The molecule has 0 saturated heterocycles. The molecule has 3 aromatic rings. The number of aryl methyl sites for hydroxylation is 2. The third kappa shape index (κ3) is 2.88. The number of nitrogens with zero attached hydrogens (tertiary/aromatic N) is 1. The molecule has 0 aliphatic rings. The number of imidazole rings is 1. The van der Waals surface area contributed by atoms with Gasteiger partial charge in [0.15, 0.2) is 0 Å². The largest absolute Gasteiger partial charge is 0.380 e. The summed E-state index contributed by atoms with van der Waals surface area (Å²) in [6.45, 7) is 4.09. The van der Waals surface area contributed by atoms with Crippen LogP contribution in [-0.4, -0.2) is 15.1 Å². The molecule has 2 aromatic carbocycles. The first-order valence-electron chi connectivity index (χ1n) is 7.00. The third-order valence-electron chi connectivity index (χ3n) is 3.61. The van der Waals surface area contributed by atoms with Crippen molar-refractivity contribution in [3.05, 3.63) is 77.2 Å². The average molecular weight is 278 g/mol. The molecule has 1 heterocycles. The lowest BCUT2D eigenvalue weighted by Gasteiger charge is -2.08. The van der Waals surface area contributed by atoms with E-state index in [2.05, 4.69) is 29.0 Å². The molecule has 0 fully saturated rings. The molecule has 0 bridgehead atoms. The van der Waals surface area contributed by atoms with Crippen molar-refractivity contribution in [2.75, 3.05) is 0 Å². The summed E-state index contributed by atoms with van der Waals surface area (Å²) < 4.78 is 0. The second-order valence-corrected chi connectivity index (χ2v) is 5.36. The van der Waals surface area contributed by atoms with Crippen LogP contribution in [0.1, 0.15) is 28.6 Å². The zero-order valence-corrected chi connectivity index (χ0v) is 12.2. The molecule has 3 heteroatoms. The van der Waals surface area contributed by atoms with E-state index in [0.29, 0.717) is 5.82 Å². The molecule has 0 aliphatic carbocycles. The highest BCUT2D eigenvalue weighted by Crippen LogP contribution is 2.23. The fourth-order valence-electron chi connectivity index (χ4n) is 2.26. The molecule has 3 nitrogen and oxygen atoms in total. The molecule has 3 rings (SSSR count). The lowest BCUT2D eigenvalue weighted by molar-refractivity contribution is 0.211. The van der Waals surface area contributed by atoms with Gasteiger partial charge < -0.3 is 10.1 Å². The third-order valence-corrected chi connectivity index (χ3v) is 3.61. The highest BCUT2D eigenvalue weighted by atomic mass is 16.3. The van der Waals surface area contributed by atoms with E-state index in [0.717, 1.165) is 16.8 Å². The second kappa shape index (κ2) is 5.54. The molecule has 0 amide bonds. The minimum absolute atomic E-state index is 0.564. The van der Waals surface area contributed by atoms with Crippen LogP contribution >= 0.6 is 0 Å². The Hall–Kier alpha value is -2.39. The van der Waals surface area contributed by atoms with E-state index in [1.165, 1.54) is 11.1 Å². The molecule has 1 aromatic heterocycles. The first kappa shape index (κ1) is 13.6. The number of benzene rings is 2. The van der Waals surface area contributed by atoms with Crippen LogP contribution in [0, 0.1) is 13.8 Å². The minimum Gasteiger partial charge on any atom is -0.380 e. The number of aliphatic hydroxyl groups excluding tert-OH is 1. The van der Waals surface area contributed by atoms with Crippen LogP contribution in [0.2, 0.25) is 0 Å². The van der Waals surface area contributed by atoms with Gasteiger partial charge in [0.05, 0.1) is 11.9 Å². The zero-order chi connectivity index (χ0) is 14.8. The summed E-state index contributed by atoms with van der Waals surface area (Å²) in [6.07, 6.45) is 1.03. The number of aromatic amines is 1. The maximum Gasteiger partial charge on any atom is 0.140 e. The van der Waals surface area contributed by atoms with E-state index >= 15 is 0 Å². The van der Waals surface area contributed by atoms with E-state index in [-0.39, 0.29) is 0 Å². The van der Waals surface area contributed by atoms with E-state index < -0.39 is 6.10 Å². The zero-order valence-electron chi connectivity index (χ0n) is 12.2. The van der Waals surface area contributed by atoms with Crippen molar-refractivity contribution in [2.45, 2.75) is 20.0 Å². The first-order chi connectivity index (χ1) is 10.1. The lowest BCUT2D eigenvalue weighted by Crippen LogP contribution is -2.01. The van der Waals surface area contributed by atoms with Crippen molar-refractivity contribution in [3.8, 4) is 11.3 Å². The Balaban J connectivity index is 1.87. The Morgan fingerprint density at radius 2 is 1.48 bits per heavy atom. The fraction of sp³-hybridized carbons (Fsp3) is 0.167. The van der Waals surface area contributed by atoms with Crippen LogP contribution < -0.4 is 0 Å². The van der Waals surface area contributed by atoms with Gasteiger partial charge in [-0.05, 0) is 25.0 Å². The number of hydrogen-bond donors (Lipinski definition) is 2. The predicted molar refractivity (Wildman–Crippen MR) is 84.0 cm³/mol. The van der Waals surface area contributed by atoms with Gasteiger partial charge in [-0.1, -0.05) is 59.7 Å². The standard InChI is InChI=1S/C18H18N2O/c1-12-3-7-14(8-4-12)16-11-19-18(20-16)17(21)15-9-5-13(2)6-10-15/h3-11,17,21H,1-2H3,(H,19,20)/t17-/m1/s1.